The largest absolute Gasteiger partial charge is 0.443 e. The Morgan fingerprint density at radius 1 is 1.29 bits per heavy atom. The fourth-order valence-electron chi connectivity index (χ4n) is 4.51. The van der Waals surface area contributed by atoms with E-state index in [1.807, 2.05) is 10.9 Å². The van der Waals surface area contributed by atoms with Crippen molar-refractivity contribution in [3.63, 3.8) is 0 Å². The molecule has 2 fully saturated rings. The van der Waals surface area contributed by atoms with Crippen LogP contribution in [0.15, 0.2) is 18.3 Å². The Balaban J connectivity index is 1.21. The van der Waals surface area contributed by atoms with Crippen LogP contribution in [0.5, 0.6) is 0 Å². The number of hydrogen-bond acceptors (Lipinski definition) is 6. The van der Waals surface area contributed by atoms with Crippen molar-refractivity contribution in [2.75, 3.05) is 0 Å². The first-order valence-corrected chi connectivity index (χ1v) is 11.8. The molecule has 12 heteroatoms. The smallest absolute Gasteiger partial charge is 0.407 e. The number of imide groups is 1. The van der Waals surface area contributed by atoms with E-state index < -0.39 is 35.7 Å². The summed E-state index contributed by atoms with van der Waals surface area (Å²) < 4.78 is 22.3. The summed E-state index contributed by atoms with van der Waals surface area (Å²) in [6.45, 7) is -0.322. The standard InChI is InChI=1S/C23H23ClFN5O5/c24-16-8-12(9-26-23(34)35-11-13-6-7-30(28-13)14-2-1-3-14)20(25)19-15(16)10-29(22(19)33)17-4-5-18(31)27-21(17)32/h6-8,14,17H,1-5,9-11H2,(H,26,34)(H,27,31,32). The van der Waals surface area contributed by atoms with Crippen molar-refractivity contribution >= 4 is 35.4 Å². The van der Waals surface area contributed by atoms with Crippen LogP contribution in [-0.4, -0.2) is 44.5 Å². The minimum atomic E-state index is -0.882. The number of halogens is 2. The molecule has 1 aromatic heterocycles. The summed E-state index contributed by atoms with van der Waals surface area (Å²) in [6, 6.07) is 2.65. The molecule has 1 atom stereocenters. The molecule has 4 amide bonds. The minimum Gasteiger partial charge on any atom is -0.443 e. The topological polar surface area (TPSA) is 123 Å². The van der Waals surface area contributed by atoms with Gasteiger partial charge < -0.3 is 15.0 Å². The van der Waals surface area contributed by atoms with Gasteiger partial charge in [-0.05, 0) is 37.8 Å². The number of carbonyl (C=O) groups is 4. The van der Waals surface area contributed by atoms with E-state index >= 15 is 4.39 Å². The van der Waals surface area contributed by atoms with Gasteiger partial charge in [0.2, 0.25) is 11.8 Å². The third kappa shape index (κ3) is 4.47. The first-order chi connectivity index (χ1) is 16.8. The van der Waals surface area contributed by atoms with E-state index in [1.54, 1.807) is 6.07 Å². The molecule has 0 bridgehead atoms. The lowest BCUT2D eigenvalue weighted by molar-refractivity contribution is -0.136. The molecule has 2 N–H and O–H groups in total. The van der Waals surface area contributed by atoms with Crippen LogP contribution >= 0.6 is 11.6 Å². The van der Waals surface area contributed by atoms with Gasteiger partial charge in [-0.25, -0.2) is 9.18 Å². The molecular weight excluding hydrogens is 481 g/mol. The second-order valence-corrected chi connectivity index (χ2v) is 9.29. The molecule has 1 saturated carbocycles. The SMILES string of the molecule is O=C1CCC(N2Cc3c(Cl)cc(CNC(=O)OCc4ccn(C5CCC5)n4)c(F)c3C2=O)C(=O)N1. The molecule has 10 nitrogen and oxygen atoms in total. The quantitative estimate of drug-likeness (QED) is 0.584. The second-order valence-electron chi connectivity index (χ2n) is 8.89. The fraction of sp³-hybridized carbons (Fsp3) is 0.435. The predicted octanol–water partition coefficient (Wildman–Crippen LogP) is 2.59. The first kappa shape index (κ1) is 23.3. The molecular formula is C23H23ClFN5O5. The van der Waals surface area contributed by atoms with Crippen molar-refractivity contribution in [2.24, 2.45) is 0 Å². The highest BCUT2D eigenvalue weighted by molar-refractivity contribution is 6.32. The Bertz CT molecular complexity index is 1230. The molecule has 1 aliphatic carbocycles. The molecule has 35 heavy (non-hydrogen) atoms. The maximum atomic E-state index is 15.3. The number of nitrogens with zero attached hydrogens (tertiary/aromatic N) is 3. The van der Waals surface area contributed by atoms with Gasteiger partial charge in [-0.1, -0.05) is 11.6 Å². The molecule has 184 valence electrons. The molecule has 0 radical (unpaired) electrons. The summed E-state index contributed by atoms with van der Waals surface area (Å²) in [5.41, 5.74) is 0.664. The van der Waals surface area contributed by atoms with Gasteiger partial charge in [-0.3, -0.25) is 24.4 Å². The number of carbonyl (C=O) groups excluding carboxylic acids is 4. The number of alkyl carbamates (subject to hydrolysis) is 1. The number of ether oxygens (including phenoxy) is 1. The average Bonchev–Trinajstić information content (AvgIpc) is 3.38. The Hall–Kier alpha value is -3.47. The van der Waals surface area contributed by atoms with Crippen LogP contribution in [-0.2, 0) is 34.0 Å². The van der Waals surface area contributed by atoms with Crippen LogP contribution < -0.4 is 10.6 Å². The third-order valence-corrected chi connectivity index (χ3v) is 7.01. The van der Waals surface area contributed by atoms with Crippen LogP contribution in [0, 0.1) is 5.82 Å². The summed E-state index contributed by atoms with van der Waals surface area (Å²) in [6.07, 6.45) is 4.69. The van der Waals surface area contributed by atoms with Crippen molar-refractivity contribution in [3.05, 3.63) is 51.6 Å². The number of nitrogens with one attached hydrogen (secondary N) is 2. The van der Waals surface area contributed by atoms with Crippen molar-refractivity contribution in [2.45, 2.75) is 63.9 Å². The zero-order valence-corrected chi connectivity index (χ0v) is 19.4. The third-order valence-electron chi connectivity index (χ3n) is 6.67. The molecule has 2 aliphatic heterocycles. The molecule has 3 aliphatic rings. The molecule has 0 spiro atoms. The van der Waals surface area contributed by atoms with Crippen LogP contribution in [0.25, 0.3) is 0 Å². The zero-order chi connectivity index (χ0) is 24.7. The fourth-order valence-corrected chi connectivity index (χ4v) is 4.79. The van der Waals surface area contributed by atoms with Gasteiger partial charge in [0, 0.05) is 41.9 Å². The van der Waals surface area contributed by atoms with Gasteiger partial charge in [-0.2, -0.15) is 5.10 Å². The van der Waals surface area contributed by atoms with E-state index in [0.29, 0.717) is 11.7 Å². The van der Waals surface area contributed by atoms with Gasteiger partial charge in [0.05, 0.1) is 11.6 Å². The molecule has 5 rings (SSSR count). The van der Waals surface area contributed by atoms with Crippen molar-refractivity contribution < 1.29 is 28.3 Å². The number of fused-ring (bicyclic) bond motifs is 1. The van der Waals surface area contributed by atoms with E-state index in [-0.39, 0.29) is 54.3 Å². The maximum Gasteiger partial charge on any atom is 0.407 e. The minimum absolute atomic E-state index is 0.0124. The summed E-state index contributed by atoms with van der Waals surface area (Å²) in [5, 5.41) is 9.20. The highest BCUT2D eigenvalue weighted by atomic mass is 35.5. The molecule has 1 saturated heterocycles. The summed E-state index contributed by atoms with van der Waals surface area (Å²) in [4.78, 5) is 49.9. The molecule has 1 unspecified atom stereocenters. The molecule has 1 aromatic carbocycles. The first-order valence-electron chi connectivity index (χ1n) is 11.4. The number of benzene rings is 1. The summed E-state index contributed by atoms with van der Waals surface area (Å²) in [7, 11) is 0. The summed E-state index contributed by atoms with van der Waals surface area (Å²) >= 11 is 6.32. The number of hydrogen-bond donors (Lipinski definition) is 2. The highest BCUT2D eigenvalue weighted by Gasteiger charge is 2.42. The second kappa shape index (κ2) is 9.29. The number of piperidine rings is 1. The van der Waals surface area contributed by atoms with Crippen LogP contribution in [0.1, 0.15) is 65.3 Å². The highest BCUT2D eigenvalue weighted by Crippen LogP contribution is 2.35. The predicted molar refractivity (Wildman–Crippen MR) is 120 cm³/mol. The lowest BCUT2D eigenvalue weighted by Crippen LogP contribution is -2.52. The number of amides is 4. The van der Waals surface area contributed by atoms with Crippen molar-refractivity contribution in [1.82, 2.24) is 25.3 Å². The molecule has 3 heterocycles. The van der Waals surface area contributed by atoms with Gasteiger partial charge >= 0.3 is 6.09 Å². The zero-order valence-electron chi connectivity index (χ0n) is 18.7. The van der Waals surface area contributed by atoms with E-state index in [4.69, 9.17) is 16.3 Å². The Morgan fingerprint density at radius 3 is 2.80 bits per heavy atom. The molecule has 2 aromatic rings. The maximum absolute atomic E-state index is 15.3. The van der Waals surface area contributed by atoms with Crippen molar-refractivity contribution in [1.29, 1.82) is 0 Å². The summed E-state index contributed by atoms with van der Waals surface area (Å²) in [5.74, 6) is -2.50. The Kier molecular flexibility index (Phi) is 6.18. The van der Waals surface area contributed by atoms with Crippen LogP contribution in [0.4, 0.5) is 9.18 Å². The van der Waals surface area contributed by atoms with Gasteiger partial charge in [0.25, 0.3) is 5.91 Å². The average molecular weight is 504 g/mol. The lowest BCUT2D eigenvalue weighted by atomic mass is 9.93. The number of aromatic nitrogens is 2. The Labute approximate surface area is 204 Å². The van der Waals surface area contributed by atoms with Gasteiger partial charge in [-0.15, -0.1) is 0 Å². The van der Waals surface area contributed by atoms with Gasteiger partial charge in [0.15, 0.2) is 0 Å². The number of rotatable bonds is 6. The monoisotopic (exact) mass is 503 g/mol. The van der Waals surface area contributed by atoms with Crippen LogP contribution in [0.2, 0.25) is 5.02 Å². The Morgan fingerprint density at radius 2 is 2.09 bits per heavy atom. The van der Waals surface area contributed by atoms with E-state index in [1.165, 1.54) is 17.4 Å². The lowest BCUT2D eigenvalue weighted by Gasteiger charge is -2.29. The van der Waals surface area contributed by atoms with Crippen LogP contribution in [0.3, 0.4) is 0 Å². The van der Waals surface area contributed by atoms with E-state index in [0.717, 1.165) is 12.8 Å². The van der Waals surface area contributed by atoms with Gasteiger partial charge in [0.1, 0.15) is 24.2 Å². The van der Waals surface area contributed by atoms with E-state index in [2.05, 4.69) is 15.7 Å². The van der Waals surface area contributed by atoms with Crippen molar-refractivity contribution in [3.8, 4) is 0 Å². The normalized spacial score (nSPS) is 19.9. The van der Waals surface area contributed by atoms with E-state index in [9.17, 15) is 19.2 Å².